The van der Waals surface area contributed by atoms with Crippen molar-refractivity contribution in [3.05, 3.63) is 78.2 Å². The van der Waals surface area contributed by atoms with Crippen LogP contribution >= 0.6 is 0 Å². The second-order valence-corrected chi connectivity index (χ2v) is 9.64. The fourth-order valence-corrected chi connectivity index (χ4v) is 5.23. The monoisotopic (exact) mass is 512 g/mol. The van der Waals surface area contributed by atoms with E-state index in [9.17, 15) is 22.8 Å². The standard InChI is InChI=1S/C27H27F3N4O3/c28-27(29,30)19-37-23-21(7-5-12-31-23)25(36)34-17-11-26(18-34)9-15-33(16-10-26)24(35)20-6-1-2-8-22(20)32-13-3-4-14-32/h1-8,12-14H,9-11,15-19H2. The molecule has 2 aromatic heterocycles. The van der Waals surface area contributed by atoms with Crippen LogP contribution in [0.3, 0.4) is 0 Å². The molecule has 5 rings (SSSR count). The highest BCUT2D eigenvalue weighted by Crippen LogP contribution is 2.41. The summed E-state index contributed by atoms with van der Waals surface area (Å²) in [6.45, 7) is 0.630. The number of hydrogen-bond acceptors (Lipinski definition) is 4. The Morgan fingerprint density at radius 2 is 1.49 bits per heavy atom. The molecule has 0 saturated carbocycles. The van der Waals surface area contributed by atoms with Crippen molar-refractivity contribution in [1.82, 2.24) is 19.4 Å². The van der Waals surface area contributed by atoms with E-state index in [0.29, 0.717) is 31.7 Å². The van der Waals surface area contributed by atoms with Gasteiger partial charge in [-0.1, -0.05) is 12.1 Å². The van der Waals surface area contributed by atoms with E-state index in [4.69, 9.17) is 4.74 Å². The molecular weight excluding hydrogens is 485 g/mol. The summed E-state index contributed by atoms with van der Waals surface area (Å²) in [7, 11) is 0. The molecule has 7 nitrogen and oxygen atoms in total. The Bertz CT molecular complexity index is 1270. The summed E-state index contributed by atoms with van der Waals surface area (Å²) in [6, 6.07) is 14.3. The first-order valence-electron chi connectivity index (χ1n) is 12.2. The second kappa shape index (κ2) is 9.91. The number of ether oxygens (including phenoxy) is 1. The molecule has 0 bridgehead atoms. The van der Waals surface area contributed by atoms with Crippen LogP contribution in [-0.2, 0) is 0 Å². The number of benzene rings is 1. The van der Waals surface area contributed by atoms with Gasteiger partial charge in [-0.2, -0.15) is 13.2 Å². The molecule has 0 unspecified atom stereocenters. The zero-order valence-corrected chi connectivity index (χ0v) is 20.2. The van der Waals surface area contributed by atoms with Crippen molar-refractivity contribution in [2.45, 2.75) is 25.4 Å². The summed E-state index contributed by atoms with van der Waals surface area (Å²) in [5.41, 5.74) is 1.37. The molecule has 0 radical (unpaired) electrons. The Hall–Kier alpha value is -3.82. The fraction of sp³-hybridized carbons (Fsp3) is 0.370. The Labute approximate surface area is 212 Å². The van der Waals surface area contributed by atoms with Gasteiger partial charge in [0.25, 0.3) is 11.8 Å². The highest BCUT2D eigenvalue weighted by atomic mass is 19.4. The lowest BCUT2D eigenvalue weighted by Crippen LogP contribution is -2.45. The molecule has 194 valence electrons. The molecule has 0 aliphatic carbocycles. The first-order chi connectivity index (χ1) is 17.7. The molecule has 37 heavy (non-hydrogen) atoms. The Balaban J connectivity index is 1.23. The van der Waals surface area contributed by atoms with Crippen LogP contribution in [0.4, 0.5) is 13.2 Å². The van der Waals surface area contributed by atoms with Crippen LogP contribution < -0.4 is 4.74 Å². The number of alkyl halides is 3. The SMILES string of the molecule is O=C(c1ccccc1-n1cccc1)N1CCC2(CC1)CCN(C(=O)c1cccnc1OCC(F)(F)F)C2. The largest absolute Gasteiger partial charge is 0.467 e. The zero-order valence-electron chi connectivity index (χ0n) is 20.2. The Morgan fingerprint density at radius 3 is 2.19 bits per heavy atom. The van der Waals surface area contributed by atoms with Gasteiger partial charge in [0.05, 0.1) is 11.3 Å². The van der Waals surface area contributed by atoms with E-state index < -0.39 is 12.8 Å². The van der Waals surface area contributed by atoms with Gasteiger partial charge in [0.15, 0.2) is 6.61 Å². The van der Waals surface area contributed by atoms with Crippen LogP contribution in [0.15, 0.2) is 67.1 Å². The number of para-hydroxylation sites is 1. The second-order valence-electron chi connectivity index (χ2n) is 9.64. The van der Waals surface area contributed by atoms with Crippen molar-refractivity contribution < 1.29 is 27.5 Å². The lowest BCUT2D eigenvalue weighted by atomic mass is 9.77. The number of carbonyl (C=O) groups is 2. The van der Waals surface area contributed by atoms with Crippen molar-refractivity contribution in [2.75, 3.05) is 32.8 Å². The molecule has 3 aromatic rings. The van der Waals surface area contributed by atoms with Crippen molar-refractivity contribution in [1.29, 1.82) is 0 Å². The molecular formula is C27H27F3N4O3. The molecule has 1 spiro atoms. The molecule has 2 amide bonds. The maximum atomic E-state index is 13.4. The van der Waals surface area contributed by atoms with Gasteiger partial charge in [0.2, 0.25) is 5.88 Å². The molecule has 2 saturated heterocycles. The van der Waals surface area contributed by atoms with Gasteiger partial charge >= 0.3 is 6.18 Å². The van der Waals surface area contributed by atoms with Crippen LogP contribution in [0.5, 0.6) is 5.88 Å². The summed E-state index contributed by atoms with van der Waals surface area (Å²) >= 11 is 0. The average molecular weight is 513 g/mol. The van der Waals surface area contributed by atoms with Crippen LogP contribution in [-0.4, -0.2) is 70.1 Å². The third-order valence-corrected chi connectivity index (χ3v) is 7.23. The summed E-state index contributed by atoms with van der Waals surface area (Å²) in [5.74, 6) is -0.722. The summed E-state index contributed by atoms with van der Waals surface area (Å²) in [6.07, 6.45) is 2.86. The van der Waals surface area contributed by atoms with Crippen molar-refractivity contribution in [3.8, 4) is 11.6 Å². The maximum Gasteiger partial charge on any atom is 0.422 e. The predicted molar refractivity (Wildman–Crippen MR) is 130 cm³/mol. The summed E-state index contributed by atoms with van der Waals surface area (Å²) < 4.78 is 44.6. The Morgan fingerprint density at radius 1 is 0.865 bits per heavy atom. The third-order valence-electron chi connectivity index (χ3n) is 7.23. The molecule has 2 aliphatic rings. The van der Waals surface area contributed by atoms with Crippen LogP contribution in [0.25, 0.3) is 5.69 Å². The number of aromatic nitrogens is 2. The number of nitrogens with zero attached hydrogens (tertiary/aromatic N) is 4. The topological polar surface area (TPSA) is 67.7 Å². The highest BCUT2D eigenvalue weighted by molar-refractivity contribution is 5.98. The lowest BCUT2D eigenvalue weighted by Gasteiger charge is -2.39. The number of pyridine rings is 1. The third kappa shape index (κ3) is 5.33. The number of carbonyl (C=O) groups excluding carboxylic acids is 2. The van der Waals surface area contributed by atoms with Gasteiger partial charge in [-0.3, -0.25) is 9.59 Å². The maximum absolute atomic E-state index is 13.4. The van der Waals surface area contributed by atoms with Crippen LogP contribution in [0, 0.1) is 5.41 Å². The van der Waals surface area contributed by atoms with Gasteiger partial charge in [0, 0.05) is 44.8 Å². The number of hydrogen-bond donors (Lipinski definition) is 0. The van der Waals surface area contributed by atoms with Gasteiger partial charge in [-0.05, 0) is 61.1 Å². The molecule has 4 heterocycles. The molecule has 1 aromatic carbocycles. The summed E-state index contributed by atoms with van der Waals surface area (Å²) in [4.78, 5) is 33.9. The van der Waals surface area contributed by atoms with Crippen LogP contribution in [0.2, 0.25) is 0 Å². The first-order valence-corrected chi connectivity index (χ1v) is 12.2. The van der Waals surface area contributed by atoms with Gasteiger partial charge in [-0.25, -0.2) is 4.98 Å². The van der Waals surface area contributed by atoms with Crippen molar-refractivity contribution >= 4 is 11.8 Å². The summed E-state index contributed by atoms with van der Waals surface area (Å²) in [5, 5.41) is 0. The molecule has 10 heteroatoms. The van der Waals surface area contributed by atoms with Crippen molar-refractivity contribution in [2.24, 2.45) is 5.41 Å². The Kier molecular flexibility index (Phi) is 6.66. The van der Waals surface area contributed by atoms with E-state index in [0.717, 1.165) is 24.9 Å². The molecule has 0 atom stereocenters. The first kappa shape index (κ1) is 24.9. The minimum atomic E-state index is -4.52. The smallest absolute Gasteiger partial charge is 0.422 e. The lowest BCUT2D eigenvalue weighted by molar-refractivity contribution is -0.154. The number of amides is 2. The molecule has 2 fully saturated rings. The fourth-order valence-electron chi connectivity index (χ4n) is 5.23. The molecule has 0 N–H and O–H groups in total. The van der Waals surface area contributed by atoms with Crippen LogP contribution in [0.1, 0.15) is 40.0 Å². The predicted octanol–water partition coefficient (Wildman–Crippen LogP) is 4.58. The number of likely N-dealkylation sites (tertiary alicyclic amines) is 2. The normalized spacial score (nSPS) is 17.3. The number of piperidine rings is 1. The number of halogens is 3. The minimum absolute atomic E-state index is 0.0214. The van der Waals surface area contributed by atoms with E-state index in [2.05, 4.69) is 4.98 Å². The van der Waals surface area contributed by atoms with Gasteiger partial charge in [-0.15, -0.1) is 0 Å². The quantitative estimate of drug-likeness (QED) is 0.502. The van der Waals surface area contributed by atoms with E-state index >= 15 is 0 Å². The van der Waals surface area contributed by atoms with E-state index in [1.54, 1.807) is 4.90 Å². The van der Waals surface area contributed by atoms with Gasteiger partial charge in [0.1, 0.15) is 5.56 Å². The van der Waals surface area contributed by atoms with E-state index in [-0.39, 0.29) is 28.7 Å². The minimum Gasteiger partial charge on any atom is -0.467 e. The highest BCUT2D eigenvalue weighted by Gasteiger charge is 2.43. The average Bonchev–Trinajstić information content (AvgIpc) is 3.58. The molecule has 2 aliphatic heterocycles. The van der Waals surface area contributed by atoms with Gasteiger partial charge < -0.3 is 19.1 Å². The zero-order chi connectivity index (χ0) is 26.0. The van der Waals surface area contributed by atoms with E-state index in [1.807, 2.05) is 58.3 Å². The van der Waals surface area contributed by atoms with E-state index in [1.165, 1.54) is 18.3 Å². The van der Waals surface area contributed by atoms with Crippen molar-refractivity contribution in [3.63, 3.8) is 0 Å². The number of rotatable bonds is 5.